The van der Waals surface area contributed by atoms with Crippen LogP contribution in [0.2, 0.25) is 0 Å². The van der Waals surface area contributed by atoms with Gasteiger partial charge >= 0.3 is 6.18 Å². The molecule has 0 saturated carbocycles. The van der Waals surface area contributed by atoms with Crippen LogP contribution in [0.25, 0.3) is 0 Å². The fourth-order valence-corrected chi connectivity index (χ4v) is 2.38. The van der Waals surface area contributed by atoms with Gasteiger partial charge in [-0.1, -0.05) is 18.2 Å². The summed E-state index contributed by atoms with van der Waals surface area (Å²) < 4.78 is 54.9. The van der Waals surface area contributed by atoms with Crippen LogP contribution in [0.15, 0.2) is 54.6 Å². The van der Waals surface area contributed by atoms with Crippen LogP contribution in [0.5, 0.6) is 28.9 Å². The van der Waals surface area contributed by atoms with E-state index in [0.29, 0.717) is 22.9 Å². The number of para-hydroxylation sites is 2. The number of fused-ring (bicyclic) bond motifs is 2. The average molecular weight is 360 g/mol. The van der Waals surface area contributed by atoms with Gasteiger partial charge in [0, 0.05) is 6.07 Å². The molecule has 2 aromatic carbocycles. The summed E-state index contributed by atoms with van der Waals surface area (Å²) in [5, 5.41) is 7.88. The third kappa shape index (κ3) is 3.26. The lowest BCUT2D eigenvalue weighted by molar-refractivity contribution is -0.137. The summed E-state index contributed by atoms with van der Waals surface area (Å²) in [6, 6.07) is 13.3. The highest BCUT2D eigenvalue weighted by molar-refractivity contribution is 5.51. The van der Waals surface area contributed by atoms with Gasteiger partial charge in [0.25, 0.3) is 5.88 Å². The van der Waals surface area contributed by atoms with Crippen molar-refractivity contribution in [3.05, 3.63) is 65.9 Å². The molecule has 0 amide bonds. The van der Waals surface area contributed by atoms with E-state index in [9.17, 15) is 13.2 Å². The van der Waals surface area contributed by atoms with Crippen LogP contribution in [0.4, 0.5) is 13.2 Å². The molecule has 0 bridgehead atoms. The molecular weight excluding hydrogens is 349 g/mol. The molecule has 0 fully saturated rings. The molecule has 0 radical (unpaired) electrons. The number of hydrogen-bond acceptors (Lipinski definition) is 5. The second-order valence-electron chi connectivity index (χ2n) is 5.47. The van der Waals surface area contributed by atoms with Gasteiger partial charge in [0.2, 0.25) is 0 Å². The first kappa shape index (κ1) is 16.2. The quantitative estimate of drug-likeness (QED) is 0.516. The first-order valence-electron chi connectivity index (χ1n) is 7.60. The summed E-state index contributed by atoms with van der Waals surface area (Å²) in [6.07, 6.45) is -4.43. The Labute approximate surface area is 146 Å². The van der Waals surface area contributed by atoms with Gasteiger partial charge in [-0.2, -0.15) is 13.2 Å². The summed E-state index contributed by atoms with van der Waals surface area (Å²) in [5.74, 6) is 1.73. The average Bonchev–Trinajstić information content (AvgIpc) is 2.64. The lowest BCUT2D eigenvalue weighted by atomic mass is 10.2. The van der Waals surface area contributed by atoms with E-state index in [1.165, 1.54) is 12.1 Å². The minimum atomic E-state index is -4.43. The smallest absolute Gasteiger partial charge is 0.416 e. The zero-order chi connectivity index (χ0) is 18.1. The first-order chi connectivity index (χ1) is 12.5. The topological polar surface area (TPSA) is 53.5 Å². The number of hydrogen-bond donors (Lipinski definition) is 0. The highest BCUT2D eigenvalue weighted by atomic mass is 19.4. The van der Waals surface area contributed by atoms with Crippen molar-refractivity contribution in [2.45, 2.75) is 12.8 Å². The SMILES string of the molecule is FC(F)(F)c1cccc(OCc2cc3c(nn2)Oc2ccccc2O3)c1. The molecule has 0 saturated heterocycles. The van der Waals surface area contributed by atoms with E-state index in [4.69, 9.17) is 14.2 Å². The van der Waals surface area contributed by atoms with E-state index in [1.54, 1.807) is 30.3 Å². The molecule has 1 aliphatic heterocycles. The van der Waals surface area contributed by atoms with Gasteiger partial charge in [-0.25, -0.2) is 0 Å². The highest BCUT2D eigenvalue weighted by Gasteiger charge is 2.30. The van der Waals surface area contributed by atoms with Crippen molar-refractivity contribution in [3.8, 4) is 28.9 Å². The van der Waals surface area contributed by atoms with E-state index in [-0.39, 0.29) is 18.2 Å². The van der Waals surface area contributed by atoms with Gasteiger partial charge in [0.15, 0.2) is 17.2 Å². The van der Waals surface area contributed by atoms with Crippen LogP contribution < -0.4 is 14.2 Å². The van der Waals surface area contributed by atoms with Gasteiger partial charge in [-0.3, -0.25) is 0 Å². The molecule has 1 aliphatic rings. The minimum Gasteiger partial charge on any atom is -0.487 e. The van der Waals surface area contributed by atoms with Crippen LogP contribution in [-0.2, 0) is 12.8 Å². The third-order valence-electron chi connectivity index (χ3n) is 3.60. The number of halogens is 3. The molecule has 2 heterocycles. The molecule has 4 rings (SSSR count). The van der Waals surface area contributed by atoms with Crippen molar-refractivity contribution in [2.24, 2.45) is 0 Å². The predicted molar refractivity (Wildman–Crippen MR) is 84.4 cm³/mol. The maximum atomic E-state index is 12.7. The molecule has 132 valence electrons. The Kier molecular flexibility index (Phi) is 3.87. The first-order valence-corrected chi connectivity index (χ1v) is 7.60. The summed E-state index contributed by atoms with van der Waals surface area (Å²) in [7, 11) is 0. The van der Waals surface area contributed by atoms with Crippen LogP contribution >= 0.6 is 0 Å². The van der Waals surface area contributed by atoms with Crippen molar-refractivity contribution in [1.29, 1.82) is 0 Å². The monoisotopic (exact) mass is 360 g/mol. The fraction of sp³-hybridized carbons (Fsp3) is 0.111. The number of aromatic nitrogens is 2. The van der Waals surface area contributed by atoms with Crippen molar-refractivity contribution in [2.75, 3.05) is 0 Å². The van der Waals surface area contributed by atoms with E-state index >= 15 is 0 Å². The van der Waals surface area contributed by atoms with Gasteiger partial charge in [-0.05, 0) is 30.3 Å². The Bertz CT molecular complexity index is 960. The molecule has 3 aromatic rings. The minimum absolute atomic E-state index is 0.0629. The molecule has 8 heteroatoms. The van der Waals surface area contributed by atoms with E-state index in [0.717, 1.165) is 12.1 Å². The summed E-state index contributed by atoms with van der Waals surface area (Å²) in [6.45, 7) is -0.0629. The molecule has 0 unspecified atom stereocenters. The molecule has 0 N–H and O–H groups in total. The predicted octanol–water partition coefficient (Wildman–Crippen LogP) is 4.97. The summed E-state index contributed by atoms with van der Waals surface area (Å²) >= 11 is 0. The number of ether oxygens (including phenoxy) is 3. The molecule has 0 spiro atoms. The Balaban J connectivity index is 1.49. The van der Waals surface area contributed by atoms with Gasteiger partial charge < -0.3 is 14.2 Å². The number of nitrogens with zero attached hydrogens (tertiary/aromatic N) is 2. The summed E-state index contributed by atoms with van der Waals surface area (Å²) in [4.78, 5) is 0. The van der Waals surface area contributed by atoms with Gasteiger partial charge in [0.05, 0.1) is 5.56 Å². The standard InChI is InChI=1S/C18H11F3N2O3/c19-18(20,21)11-4-3-5-13(8-11)24-10-12-9-16-17(23-22-12)26-15-7-2-1-6-14(15)25-16/h1-9H,10H2. The van der Waals surface area contributed by atoms with Gasteiger partial charge in [0.1, 0.15) is 18.1 Å². The highest BCUT2D eigenvalue weighted by Crippen LogP contribution is 2.43. The second-order valence-corrected chi connectivity index (χ2v) is 5.47. The lowest BCUT2D eigenvalue weighted by Gasteiger charge is -2.19. The van der Waals surface area contributed by atoms with Crippen LogP contribution in [0.3, 0.4) is 0 Å². The Morgan fingerprint density at radius 1 is 0.846 bits per heavy atom. The molecule has 0 atom stereocenters. The zero-order valence-electron chi connectivity index (χ0n) is 13.2. The largest absolute Gasteiger partial charge is 0.487 e. The lowest BCUT2D eigenvalue weighted by Crippen LogP contribution is -2.07. The Hall–Kier alpha value is -3.29. The van der Waals surface area contributed by atoms with Gasteiger partial charge in [-0.15, -0.1) is 10.2 Å². The van der Waals surface area contributed by atoms with E-state index in [2.05, 4.69) is 10.2 Å². The Morgan fingerprint density at radius 3 is 2.38 bits per heavy atom. The second kappa shape index (κ2) is 6.21. The maximum absolute atomic E-state index is 12.7. The Morgan fingerprint density at radius 2 is 1.62 bits per heavy atom. The number of benzene rings is 2. The third-order valence-corrected chi connectivity index (χ3v) is 3.60. The molecule has 26 heavy (non-hydrogen) atoms. The van der Waals surface area contributed by atoms with E-state index < -0.39 is 11.7 Å². The van der Waals surface area contributed by atoms with Crippen LogP contribution in [-0.4, -0.2) is 10.2 Å². The molecule has 0 aliphatic carbocycles. The molecule has 5 nitrogen and oxygen atoms in total. The van der Waals surface area contributed by atoms with Crippen molar-refractivity contribution in [1.82, 2.24) is 10.2 Å². The molecular formula is C18H11F3N2O3. The van der Waals surface area contributed by atoms with Crippen LogP contribution in [0.1, 0.15) is 11.3 Å². The van der Waals surface area contributed by atoms with Crippen molar-refractivity contribution < 1.29 is 27.4 Å². The summed E-state index contributed by atoms with van der Waals surface area (Å²) in [5.41, 5.74) is -0.385. The van der Waals surface area contributed by atoms with Crippen molar-refractivity contribution in [3.63, 3.8) is 0 Å². The maximum Gasteiger partial charge on any atom is 0.416 e. The molecule has 1 aromatic heterocycles. The zero-order valence-corrected chi connectivity index (χ0v) is 13.2. The number of alkyl halides is 3. The normalized spacial score (nSPS) is 12.4. The van der Waals surface area contributed by atoms with Crippen molar-refractivity contribution >= 4 is 0 Å². The van der Waals surface area contributed by atoms with E-state index in [1.807, 2.05) is 0 Å². The number of rotatable bonds is 3. The fourth-order valence-electron chi connectivity index (χ4n) is 2.38. The van der Waals surface area contributed by atoms with Crippen LogP contribution in [0, 0.1) is 0 Å².